The zero-order chi connectivity index (χ0) is 13.7. The number of rotatable bonds is 7. The fourth-order valence-electron chi connectivity index (χ4n) is 2.27. The summed E-state index contributed by atoms with van der Waals surface area (Å²) in [6.45, 7) is 9.46. The first kappa shape index (κ1) is 15.2. The predicted octanol–water partition coefficient (Wildman–Crippen LogP) is 2.77. The van der Waals surface area contributed by atoms with E-state index in [0.29, 0.717) is 24.5 Å². The molecule has 2 N–H and O–H groups in total. The van der Waals surface area contributed by atoms with Crippen LogP contribution in [0.4, 0.5) is 0 Å². The van der Waals surface area contributed by atoms with Crippen molar-refractivity contribution in [1.82, 2.24) is 9.55 Å². The van der Waals surface area contributed by atoms with Gasteiger partial charge in [0.2, 0.25) is 0 Å². The molecule has 0 saturated carbocycles. The molecule has 1 rings (SSSR count). The van der Waals surface area contributed by atoms with E-state index < -0.39 is 0 Å². The first-order valence-electron chi connectivity index (χ1n) is 6.73. The van der Waals surface area contributed by atoms with Crippen LogP contribution in [0.1, 0.15) is 51.9 Å². The van der Waals surface area contributed by atoms with E-state index in [-0.39, 0.29) is 6.04 Å². The van der Waals surface area contributed by atoms with Gasteiger partial charge in [0.1, 0.15) is 0 Å². The Hall–Kier alpha value is -0.870. The van der Waals surface area contributed by atoms with Gasteiger partial charge >= 0.3 is 0 Å². The number of nitrogens with zero attached hydrogens (tertiary/aromatic N) is 2. The zero-order valence-corrected chi connectivity index (χ0v) is 12.3. The van der Waals surface area contributed by atoms with E-state index in [4.69, 9.17) is 10.5 Å². The van der Waals surface area contributed by atoms with Crippen molar-refractivity contribution in [3.63, 3.8) is 0 Å². The molecule has 0 bridgehead atoms. The molecular weight excluding hydrogens is 226 g/mol. The van der Waals surface area contributed by atoms with Crippen LogP contribution in [0.15, 0.2) is 12.5 Å². The normalized spacial score (nSPS) is 15.3. The standard InChI is InChI=1S/C14H27N3O/c1-10(2)6-12(15)13-7-16-9-17(13)14(8-18-5)11(3)4/h7,9-12,14H,6,8,15H2,1-5H3. The monoisotopic (exact) mass is 253 g/mol. The van der Waals surface area contributed by atoms with Gasteiger partial charge in [0, 0.05) is 19.3 Å². The minimum atomic E-state index is 0.0469. The smallest absolute Gasteiger partial charge is 0.0952 e. The SMILES string of the molecule is COCC(C(C)C)n1cncc1C(N)CC(C)C. The van der Waals surface area contributed by atoms with Gasteiger partial charge in [-0.05, 0) is 18.3 Å². The first-order valence-corrected chi connectivity index (χ1v) is 6.73. The maximum atomic E-state index is 6.27. The highest BCUT2D eigenvalue weighted by Gasteiger charge is 2.21. The summed E-state index contributed by atoms with van der Waals surface area (Å²) in [4.78, 5) is 4.26. The molecule has 0 aliphatic carbocycles. The first-order chi connectivity index (χ1) is 8.47. The van der Waals surface area contributed by atoms with Crippen LogP contribution in [-0.4, -0.2) is 23.3 Å². The van der Waals surface area contributed by atoms with Crippen molar-refractivity contribution in [2.45, 2.75) is 46.2 Å². The summed E-state index contributed by atoms with van der Waals surface area (Å²) in [7, 11) is 1.74. The number of hydrogen-bond donors (Lipinski definition) is 1. The topological polar surface area (TPSA) is 53.1 Å². The molecular formula is C14H27N3O. The Morgan fingerprint density at radius 1 is 1.33 bits per heavy atom. The second-order valence-electron chi connectivity index (χ2n) is 5.73. The number of nitrogens with two attached hydrogens (primary N) is 1. The molecule has 0 fully saturated rings. The molecule has 0 radical (unpaired) electrons. The van der Waals surface area contributed by atoms with Crippen molar-refractivity contribution < 1.29 is 4.74 Å². The van der Waals surface area contributed by atoms with Gasteiger partial charge in [0.05, 0.1) is 24.7 Å². The molecule has 0 amide bonds. The lowest BCUT2D eigenvalue weighted by atomic mass is 10.00. The zero-order valence-electron chi connectivity index (χ0n) is 12.3. The van der Waals surface area contributed by atoms with Gasteiger partial charge in [-0.25, -0.2) is 4.98 Å². The van der Waals surface area contributed by atoms with E-state index >= 15 is 0 Å². The Morgan fingerprint density at radius 3 is 2.50 bits per heavy atom. The largest absolute Gasteiger partial charge is 0.383 e. The molecule has 2 atom stereocenters. The van der Waals surface area contributed by atoms with Gasteiger partial charge in [0.15, 0.2) is 0 Å². The van der Waals surface area contributed by atoms with Gasteiger partial charge in [0.25, 0.3) is 0 Å². The average molecular weight is 253 g/mol. The molecule has 0 aliphatic rings. The van der Waals surface area contributed by atoms with Crippen LogP contribution in [-0.2, 0) is 4.74 Å². The Morgan fingerprint density at radius 2 is 2.00 bits per heavy atom. The van der Waals surface area contributed by atoms with Crippen molar-refractivity contribution in [3.05, 3.63) is 18.2 Å². The van der Waals surface area contributed by atoms with E-state index in [2.05, 4.69) is 37.2 Å². The molecule has 0 spiro atoms. The third kappa shape index (κ3) is 3.82. The molecule has 2 unspecified atom stereocenters. The second-order valence-corrected chi connectivity index (χ2v) is 5.73. The van der Waals surface area contributed by atoms with Gasteiger partial charge in [-0.3, -0.25) is 0 Å². The molecule has 4 heteroatoms. The molecule has 0 aromatic carbocycles. The molecule has 0 aliphatic heterocycles. The number of methoxy groups -OCH3 is 1. The summed E-state index contributed by atoms with van der Waals surface area (Å²) in [5.74, 6) is 1.08. The maximum Gasteiger partial charge on any atom is 0.0952 e. The van der Waals surface area contributed by atoms with E-state index in [1.54, 1.807) is 7.11 Å². The Balaban J connectivity index is 2.92. The molecule has 0 saturated heterocycles. The minimum Gasteiger partial charge on any atom is -0.383 e. The number of hydrogen-bond acceptors (Lipinski definition) is 3. The molecule has 104 valence electrons. The van der Waals surface area contributed by atoms with Crippen LogP contribution in [0.25, 0.3) is 0 Å². The predicted molar refractivity (Wildman–Crippen MR) is 74.4 cm³/mol. The minimum absolute atomic E-state index is 0.0469. The Bertz CT molecular complexity index is 347. The van der Waals surface area contributed by atoms with Crippen LogP contribution in [0, 0.1) is 11.8 Å². The Kier molecular flexibility index (Phi) is 5.82. The van der Waals surface area contributed by atoms with Gasteiger partial charge < -0.3 is 15.0 Å². The summed E-state index contributed by atoms with van der Waals surface area (Å²) in [5.41, 5.74) is 7.38. The summed E-state index contributed by atoms with van der Waals surface area (Å²) in [5, 5.41) is 0. The average Bonchev–Trinajstić information content (AvgIpc) is 2.72. The molecule has 1 aromatic rings. The van der Waals surface area contributed by atoms with Crippen molar-refractivity contribution in [2.75, 3.05) is 13.7 Å². The maximum absolute atomic E-state index is 6.27. The van der Waals surface area contributed by atoms with Crippen LogP contribution in [0.3, 0.4) is 0 Å². The molecule has 1 aromatic heterocycles. The van der Waals surface area contributed by atoms with Crippen molar-refractivity contribution in [2.24, 2.45) is 17.6 Å². The van der Waals surface area contributed by atoms with Crippen molar-refractivity contribution in [3.8, 4) is 0 Å². The number of aromatic nitrogens is 2. The Labute approximate surface area is 111 Å². The summed E-state index contributed by atoms with van der Waals surface area (Å²) >= 11 is 0. The summed E-state index contributed by atoms with van der Waals surface area (Å²) in [6, 6.07) is 0.344. The summed E-state index contributed by atoms with van der Waals surface area (Å²) in [6.07, 6.45) is 4.74. The van der Waals surface area contributed by atoms with E-state index in [1.807, 2.05) is 12.5 Å². The lowest BCUT2D eigenvalue weighted by molar-refractivity contribution is 0.131. The molecule has 4 nitrogen and oxygen atoms in total. The summed E-state index contributed by atoms with van der Waals surface area (Å²) < 4.78 is 7.50. The number of imidazole rings is 1. The molecule has 18 heavy (non-hydrogen) atoms. The van der Waals surface area contributed by atoms with Gasteiger partial charge in [-0.15, -0.1) is 0 Å². The highest BCUT2D eigenvalue weighted by Crippen LogP contribution is 2.25. The molecule has 1 heterocycles. The quantitative estimate of drug-likeness (QED) is 0.813. The lowest BCUT2D eigenvalue weighted by Crippen LogP contribution is -2.25. The third-order valence-corrected chi connectivity index (χ3v) is 3.27. The van der Waals surface area contributed by atoms with Crippen LogP contribution >= 0.6 is 0 Å². The fraction of sp³-hybridized carbons (Fsp3) is 0.786. The van der Waals surface area contributed by atoms with Gasteiger partial charge in [-0.1, -0.05) is 27.7 Å². The second kappa shape index (κ2) is 6.90. The lowest BCUT2D eigenvalue weighted by Gasteiger charge is -2.26. The van der Waals surface area contributed by atoms with Gasteiger partial charge in [-0.2, -0.15) is 0 Å². The number of ether oxygens (including phenoxy) is 1. The van der Waals surface area contributed by atoms with Crippen LogP contribution < -0.4 is 5.73 Å². The van der Waals surface area contributed by atoms with Crippen LogP contribution in [0.5, 0.6) is 0 Å². The third-order valence-electron chi connectivity index (χ3n) is 3.27. The van der Waals surface area contributed by atoms with E-state index in [0.717, 1.165) is 12.1 Å². The fourth-order valence-corrected chi connectivity index (χ4v) is 2.27. The van der Waals surface area contributed by atoms with Crippen molar-refractivity contribution in [1.29, 1.82) is 0 Å². The van der Waals surface area contributed by atoms with Crippen molar-refractivity contribution >= 4 is 0 Å². The highest BCUT2D eigenvalue weighted by molar-refractivity contribution is 5.06. The van der Waals surface area contributed by atoms with E-state index in [1.165, 1.54) is 0 Å². The van der Waals surface area contributed by atoms with Crippen LogP contribution in [0.2, 0.25) is 0 Å². The highest BCUT2D eigenvalue weighted by atomic mass is 16.5. The van der Waals surface area contributed by atoms with E-state index in [9.17, 15) is 0 Å².